The summed E-state index contributed by atoms with van der Waals surface area (Å²) in [5, 5.41) is 4.49. The summed E-state index contributed by atoms with van der Waals surface area (Å²) >= 11 is 0. The zero-order valence-electron chi connectivity index (χ0n) is 27.1. The highest BCUT2D eigenvalue weighted by Gasteiger charge is 2.16. The summed E-state index contributed by atoms with van der Waals surface area (Å²) in [6, 6.07) is 64.6. The van der Waals surface area contributed by atoms with Crippen LogP contribution < -0.4 is 0 Å². The van der Waals surface area contributed by atoms with Gasteiger partial charge in [0.05, 0.1) is 0 Å². The fourth-order valence-corrected chi connectivity index (χ4v) is 7.39. The Bertz CT molecular complexity index is 2840. The molecule has 0 atom stereocenters. The Morgan fingerprint density at radius 3 is 1.52 bits per heavy atom. The van der Waals surface area contributed by atoms with Crippen LogP contribution in [0.4, 0.5) is 0 Å². The lowest BCUT2D eigenvalue weighted by molar-refractivity contribution is 0.668. The third kappa shape index (κ3) is 4.81. The van der Waals surface area contributed by atoms with Crippen LogP contribution in [-0.4, -0.2) is 0 Å². The maximum Gasteiger partial charge on any atom is 0.136 e. The minimum absolute atomic E-state index is 0.880. The van der Waals surface area contributed by atoms with Crippen LogP contribution in [0.25, 0.3) is 99.5 Å². The van der Waals surface area contributed by atoms with E-state index in [9.17, 15) is 0 Å². The van der Waals surface area contributed by atoms with Crippen LogP contribution in [0.1, 0.15) is 0 Å². The number of hydrogen-bond donors (Lipinski definition) is 0. The molecule has 0 fully saturated rings. The van der Waals surface area contributed by atoms with Gasteiger partial charge in [0.15, 0.2) is 0 Å². The molecule has 8 aromatic carbocycles. The molecule has 0 aliphatic rings. The van der Waals surface area contributed by atoms with Crippen molar-refractivity contribution in [2.45, 2.75) is 0 Å². The fourth-order valence-electron chi connectivity index (χ4n) is 7.39. The molecule has 0 radical (unpaired) electrons. The molecule has 50 heavy (non-hydrogen) atoms. The summed E-state index contributed by atoms with van der Waals surface area (Å²) < 4.78 is 12.8. The lowest BCUT2D eigenvalue weighted by Gasteiger charge is -2.13. The molecule has 0 aliphatic carbocycles. The van der Waals surface area contributed by atoms with Crippen molar-refractivity contribution in [2.24, 2.45) is 0 Å². The minimum atomic E-state index is 0.880. The lowest BCUT2D eigenvalue weighted by Crippen LogP contribution is -1.88. The highest BCUT2D eigenvalue weighted by atomic mass is 16.3. The van der Waals surface area contributed by atoms with E-state index in [0.29, 0.717) is 0 Å². The molecule has 0 bridgehead atoms. The quantitative estimate of drug-likeness (QED) is 0.187. The zero-order valence-corrected chi connectivity index (χ0v) is 27.1. The second-order valence-electron chi connectivity index (χ2n) is 12.9. The molecule has 0 spiro atoms. The van der Waals surface area contributed by atoms with Crippen LogP contribution in [0.2, 0.25) is 0 Å². The van der Waals surface area contributed by atoms with Crippen LogP contribution in [0.15, 0.2) is 191 Å². The van der Waals surface area contributed by atoms with E-state index in [2.05, 4.69) is 170 Å². The van der Waals surface area contributed by atoms with Gasteiger partial charge in [-0.25, -0.2) is 0 Å². The van der Waals surface area contributed by atoms with Gasteiger partial charge in [-0.15, -0.1) is 0 Å². The van der Waals surface area contributed by atoms with Gasteiger partial charge in [0, 0.05) is 21.5 Å². The maximum absolute atomic E-state index is 6.46. The first kappa shape index (κ1) is 28.4. The molecular weight excluding hydrogens is 609 g/mol. The van der Waals surface area contributed by atoms with Gasteiger partial charge >= 0.3 is 0 Å². The summed E-state index contributed by atoms with van der Waals surface area (Å²) in [6.45, 7) is 0. The Kier molecular flexibility index (Phi) is 6.53. The Morgan fingerprint density at radius 1 is 0.240 bits per heavy atom. The summed E-state index contributed by atoms with van der Waals surface area (Å²) in [4.78, 5) is 0. The van der Waals surface area contributed by atoms with E-state index in [0.717, 1.165) is 77.3 Å². The Labute approximate surface area is 289 Å². The molecule has 0 saturated heterocycles. The molecule has 0 unspecified atom stereocenters. The predicted molar refractivity (Wildman–Crippen MR) is 208 cm³/mol. The van der Waals surface area contributed by atoms with E-state index in [1.54, 1.807) is 0 Å². The van der Waals surface area contributed by atoms with E-state index in [1.165, 1.54) is 22.3 Å². The van der Waals surface area contributed by atoms with E-state index >= 15 is 0 Å². The maximum atomic E-state index is 6.46. The van der Waals surface area contributed by atoms with Crippen molar-refractivity contribution in [2.75, 3.05) is 0 Å². The third-order valence-electron chi connectivity index (χ3n) is 9.88. The normalized spacial score (nSPS) is 11.6. The second-order valence-corrected chi connectivity index (χ2v) is 12.9. The van der Waals surface area contributed by atoms with Gasteiger partial charge in [0.2, 0.25) is 0 Å². The van der Waals surface area contributed by atoms with Crippen molar-refractivity contribution in [1.82, 2.24) is 0 Å². The molecule has 10 aromatic rings. The van der Waals surface area contributed by atoms with Crippen molar-refractivity contribution >= 4 is 43.9 Å². The molecule has 2 heterocycles. The van der Waals surface area contributed by atoms with Crippen LogP contribution in [0.3, 0.4) is 0 Å². The molecule has 2 heteroatoms. The van der Waals surface area contributed by atoms with Gasteiger partial charge in [0.25, 0.3) is 0 Å². The highest BCUT2D eigenvalue weighted by Crippen LogP contribution is 2.42. The minimum Gasteiger partial charge on any atom is -0.456 e. The lowest BCUT2D eigenvalue weighted by atomic mass is 9.90. The number of hydrogen-bond acceptors (Lipinski definition) is 2. The molecular formula is C48H30O2. The van der Waals surface area contributed by atoms with E-state index in [-0.39, 0.29) is 0 Å². The molecule has 0 amide bonds. The first-order valence-electron chi connectivity index (χ1n) is 17.0. The van der Waals surface area contributed by atoms with Crippen LogP contribution >= 0.6 is 0 Å². The van der Waals surface area contributed by atoms with Crippen LogP contribution in [0, 0.1) is 0 Å². The molecule has 0 N–H and O–H groups in total. The topological polar surface area (TPSA) is 26.3 Å². The molecule has 2 aromatic heterocycles. The molecule has 0 aliphatic heterocycles. The van der Waals surface area contributed by atoms with E-state index in [4.69, 9.17) is 8.83 Å². The molecule has 234 valence electrons. The van der Waals surface area contributed by atoms with Crippen molar-refractivity contribution in [3.63, 3.8) is 0 Å². The number of para-hydroxylation sites is 1. The first-order chi connectivity index (χ1) is 24.7. The molecule has 2 nitrogen and oxygen atoms in total. The van der Waals surface area contributed by atoms with Gasteiger partial charge in [-0.05, 0) is 110 Å². The number of furan rings is 2. The van der Waals surface area contributed by atoms with E-state index in [1.807, 2.05) is 12.1 Å². The second kappa shape index (κ2) is 11.5. The first-order valence-corrected chi connectivity index (χ1v) is 17.0. The zero-order chi connectivity index (χ0) is 33.0. The average molecular weight is 639 g/mol. The smallest absolute Gasteiger partial charge is 0.136 e. The van der Waals surface area contributed by atoms with Crippen molar-refractivity contribution < 1.29 is 8.83 Å². The standard InChI is InChI=1S/C48H30O2/c1-3-10-31(11-4-1)33-18-20-34(21-19-33)37-26-38(36-22-24-42-41-14-7-8-16-44(41)50-47(42)30-36)28-39(27-37)40-15-9-17-46-48(40)43-29-35(23-25-45(43)49-46)32-12-5-2-6-13-32/h1-30H. The highest BCUT2D eigenvalue weighted by molar-refractivity contribution is 6.14. The Balaban J connectivity index is 1.18. The van der Waals surface area contributed by atoms with E-state index < -0.39 is 0 Å². The Morgan fingerprint density at radius 2 is 0.740 bits per heavy atom. The van der Waals surface area contributed by atoms with Crippen LogP contribution in [0.5, 0.6) is 0 Å². The number of fused-ring (bicyclic) bond motifs is 6. The van der Waals surface area contributed by atoms with Gasteiger partial charge in [-0.3, -0.25) is 0 Å². The fraction of sp³-hybridized carbons (Fsp3) is 0. The predicted octanol–water partition coefficient (Wildman–Crippen LogP) is 13.8. The van der Waals surface area contributed by atoms with Gasteiger partial charge in [-0.1, -0.05) is 127 Å². The van der Waals surface area contributed by atoms with Gasteiger partial charge < -0.3 is 8.83 Å². The number of benzene rings is 8. The largest absolute Gasteiger partial charge is 0.456 e. The molecule has 10 rings (SSSR count). The van der Waals surface area contributed by atoms with Crippen molar-refractivity contribution in [3.05, 3.63) is 182 Å². The summed E-state index contributed by atoms with van der Waals surface area (Å²) in [7, 11) is 0. The van der Waals surface area contributed by atoms with Gasteiger partial charge in [0.1, 0.15) is 22.3 Å². The van der Waals surface area contributed by atoms with Crippen molar-refractivity contribution in [1.29, 1.82) is 0 Å². The average Bonchev–Trinajstić information content (AvgIpc) is 3.76. The van der Waals surface area contributed by atoms with Crippen LogP contribution in [-0.2, 0) is 0 Å². The summed E-state index contributed by atoms with van der Waals surface area (Å²) in [5.74, 6) is 0. The Hall–Kier alpha value is -6.64. The monoisotopic (exact) mass is 638 g/mol. The molecule has 0 saturated carbocycles. The SMILES string of the molecule is c1ccc(-c2ccc(-c3cc(-c4ccc5c(c4)oc4ccccc45)cc(-c4cccc5oc6ccc(-c7ccccc7)cc6c45)c3)cc2)cc1. The van der Waals surface area contributed by atoms with Gasteiger partial charge in [-0.2, -0.15) is 0 Å². The summed E-state index contributed by atoms with van der Waals surface area (Å²) in [5.41, 5.74) is 15.1. The van der Waals surface area contributed by atoms with Crippen molar-refractivity contribution in [3.8, 4) is 55.6 Å². The number of rotatable bonds is 5. The summed E-state index contributed by atoms with van der Waals surface area (Å²) in [6.07, 6.45) is 0. The third-order valence-corrected chi connectivity index (χ3v) is 9.88.